The zero-order valence-electron chi connectivity index (χ0n) is 22.6. The van der Waals surface area contributed by atoms with E-state index in [0.717, 1.165) is 56.2 Å². The fraction of sp³-hybridized carbons (Fsp3) is 0.577. The second kappa shape index (κ2) is 10.1. The molecule has 1 spiro atoms. The van der Waals surface area contributed by atoms with Crippen LogP contribution in [0, 0.1) is 15.5 Å². The van der Waals surface area contributed by atoms with E-state index >= 15 is 0 Å². The Labute approximate surface area is 218 Å². The van der Waals surface area contributed by atoms with Gasteiger partial charge >= 0.3 is 6.09 Å². The van der Waals surface area contributed by atoms with Crippen LogP contribution in [0.5, 0.6) is 0 Å². The van der Waals surface area contributed by atoms with Gasteiger partial charge in [-0.25, -0.2) is 19.7 Å². The number of nitro groups is 1. The van der Waals surface area contributed by atoms with Gasteiger partial charge < -0.3 is 19.4 Å². The van der Waals surface area contributed by atoms with Crippen molar-refractivity contribution in [2.45, 2.75) is 46.1 Å². The van der Waals surface area contributed by atoms with Gasteiger partial charge in [-0.2, -0.15) is 0 Å². The number of benzene rings is 1. The first-order valence-corrected chi connectivity index (χ1v) is 12.7. The third kappa shape index (κ3) is 5.76. The summed E-state index contributed by atoms with van der Waals surface area (Å²) >= 11 is 0. The molecule has 1 unspecified atom stereocenters. The lowest BCUT2D eigenvalue weighted by Gasteiger charge is -2.28. The largest absolute Gasteiger partial charge is 0.443 e. The van der Waals surface area contributed by atoms with Crippen LogP contribution >= 0.6 is 0 Å². The number of hydrogen-bond acceptors (Lipinski definition) is 9. The van der Waals surface area contributed by atoms with Crippen molar-refractivity contribution in [2.24, 2.45) is 5.41 Å². The highest BCUT2D eigenvalue weighted by atomic mass is 16.6. The molecule has 1 aromatic heterocycles. The molecule has 0 aliphatic carbocycles. The van der Waals surface area contributed by atoms with Gasteiger partial charge in [0.05, 0.1) is 4.92 Å². The molecule has 3 heterocycles. The first kappa shape index (κ1) is 26.6. The Morgan fingerprint density at radius 2 is 1.84 bits per heavy atom. The average Bonchev–Trinajstić information content (AvgIpc) is 3.44. The summed E-state index contributed by atoms with van der Waals surface area (Å²) in [6, 6.07) is 6.63. The second-order valence-electron chi connectivity index (χ2n) is 11.2. The lowest BCUT2D eigenvalue weighted by molar-refractivity contribution is -0.384. The number of hydrogen-bond donors (Lipinski definition) is 0. The number of carbonyl (C=O) groups excluding carboxylic acids is 1. The Morgan fingerprint density at radius 3 is 2.46 bits per heavy atom. The standard InChI is InChI=1S/C26H37N7O4/c1-7-30-12-10-26(16-30)11-13-31(17-26)19-8-9-20(21(14-19)33(35)36)32(24(34)37-25(2,3)4)23-15-22(29(5)6)27-18-28-23/h8-9,14-15,18H,7,10-13,16-17H2,1-6H3. The van der Waals surface area contributed by atoms with Crippen molar-refractivity contribution >= 4 is 34.8 Å². The molecule has 0 N–H and O–H groups in total. The van der Waals surface area contributed by atoms with E-state index in [1.54, 1.807) is 43.9 Å². The van der Waals surface area contributed by atoms with Crippen LogP contribution in [0.3, 0.4) is 0 Å². The van der Waals surface area contributed by atoms with Crippen LogP contribution in [0.15, 0.2) is 30.6 Å². The van der Waals surface area contributed by atoms with E-state index in [-0.39, 0.29) is 22.6 Å². The SMILES string of the molecule is CCN1CCC2(CCN(c3ccc(N(C(=O)OC(C)(C)C)c4cc(N(C)C)ncn4)c([N+](=O)[O-])c3)C2)C1. The maximum atomic E-state index is 13.4. The molecule has 2 aliphatic rings. The van der Waals surface area contributed by atoms with E-state index < -0.39 is 16.6 Å². The summed E-state index contributed by atoms with van der Waals surface area (Å²) in [6.07, 6.45) is 2.79. The van der Waals surface area contributed by atoms with Gasteiger partial charge in [0.2, 0.25) is 0 Å². The molecule has 0 saturated carbocycles. The third-order valence-corrected chi connectivity index (χ3v) is 7.07. The first-order chi connectivity index (χ1) is 17.4. The van der Waals surface area contributed by atoms with E-state index in [2.05, 4.69) is 26.7 Å². The number of amides is 1. The highest BCUT2D eigenvalue weighted by molar-refractivity contribution is 5.98. The van der Waals surface area contributed by atoms with Gasteiger partial charge in [-0.3, -0.25) is 10.1 Å². The lowest BCUT2D eigenvalue weighted by Crippen LogP contribution is -2.35. The van der Waals surface area contributed by atoms with E-state index in [9.17, 15) is 14.9 Å². The van der Waals surface area contributed by atoms with Crippen LogP contribution in [0.2, 0.25) is 0 Å². The Balaban J connectivity index is 1.72. The maximum absolute atomic E-state index is 13.4. The van der Waals surface area contributed by atoms with E-state index in [1.807, 2.05) is 20.2 Å². The predicted molar refractivity (Wildman–Crippen MR) is 144 cm³/mol. The third-order valence-electron chi connectivity index (χ3n) is 7.07. The smallest absolute Gasteiger partial charge is 0.420 e. The van der Waals surface area contributed by atoms with Crippen LogP contribution < -0.4 is 14.7 Å². The fourth-order valence-corrected chi connectivity index (χ4v) is 5.16. The minimum absolute atomic E-state index is 0.0957. The van der Waals surface area contributed by atoms with E-state index in [4.69, 9.17) is 4.74 Å². The molecule has 2 aliphatic heterocycles. The average molecular weight is 512 g/mol. The molecule has 1 amide bonds. The normalized spacial score (nSPS) is 19.9. The zero-order chi connectivity index (χ0) is 27.0. The van der Waals surface area contributed by atoms with Crippen LogP contribution in [-0.2, 0) is 4.74 Å². The predicted octanol–water partition coefficient (Wildman–Crippen LogP) is 4.45. The van der Waals surface area contributed by atoms with Gasteiger partial charge in [0, 0.05) is 57.0 Å². The molecule has 200 valence electrons. The summed E-state index contributed by atoms with van der Waals surface area (Å²) in [5, 5.41) is 12.3. The summed E-state index contributed by atoms with van der Waals surface area (Å²) in [5.74, 6) is 0.743. The van der Waals surface area contributed by atoms with Crippen molar-refractivity contribution in [2.75, 3.05) is 61.5 Å². The molecule has 0 radical (unpaired) electrons. The number of anilines is 4. The first-order valence-electron chi connectivity index (χ1n) is 12.7. The van der Waals surface area contributed by atoms with Crippen molar-refractivity contribution in [3.8, 4) is 0 Å². The highest BCUT2D eigenvalue weighted by Gasteiger charge is 2.43. The van der Waals surface area contributed by atoms with Crippen molar-refractivity contribution in [3.05, 3.63) is 40.7 Å². The molecule has 11 heteroatoms. The van der Waals surface area contributed by atoms with Crippen LogP contribution in [0.4, 0.5) is 33.5 Å². The van der Waals surface area contributed by atoms with E-state index in [1.165, 1.54) is 6.33 Å². The Morgan fingerprint density at radius 1 is 1.14 bits per heavy atom. The Hall–Kier alpha value is -3.47. The minimum Gasteiger partial charge on any atom is -0.443 e. The highest BCUT2D eigenvalue weighted by Crippen LogP contribution is 2.43. The van der Waals surface area contributed by atoms with Crippen molar-refractivity contribution in [3.63, 3.8) is 0 Å². The molecule has 0 bridgehead atoms. The maximum Gasteiger partial charge on any atom is 0.420 e. The number of likely N-dealkylation sites (tertiary alicyclic amines) is 1. The number of aromatic nitrogens is 2. The second-order valence-corrected chi connectivity index (χ2v) is 11.2. The molecule has 37 heavy (non-hydrogen) atoms. The van der Waals surface area contributed by atoms with Gasteiger partial charge in [0.15, 0.2) is 0 Å². The molecule has 4 rings (SSSR count). The summed E-state index contributed by atoms with van der Waals surface area (Å²) in [7, 11) is 3.63. The quantitative estimate of drug-likeness (QED) is 0.410. The zero-order valence-corrected chi connectivity index (χ0v) is 22.6. The molecule has 11 nitrogen and oxygen atoms in total. The Kier molecular flexibility index (Phi) is 7.27. The summed E-state index contributed by atoms with van der Waals surface area (Å²) < 4.78 is 5.63. The molecule has 1 atom stereocenters. The van der Waals surface area contributed by atoms with Gasteiger partial charge in [0.1, 0.15) is 29.3 Å². The number of ether oxygens (including phenoxy) is 1. The topological polar surface area (TPSA) is 108 Å². The van der Waals surface area contributed by atoms with Crippen molar-refractivity contribution in [1.82, 2.24) is 14.9 Å². The van der Waals surface area contributed by atoms with Crippen molar-refractivity contribution < 1.29 is 14.5 Å². The molecular formula is C26H37N7O4. The van der Waals surface area contributed by atoms with Crippen LogP contribution in [0.1, 0.15) is 40.5 Å². The van der Waals surface area contributed by atoms with Gasteiger partial charge in [-0.1, -0.05) is 6.92 Å². The van der Waals surface area contributed by atoms with Crippen LogP contribution in [0.25, 0.3) is 0 Å². The molecular weight excluding hydrogens is 474 g/mol. The molecule has 2 fully saturated rings. The summed E-state index contributed by atoms with van der Waals surface area (Å²) in [4.78, 5) is 41.3. The fourth-order valence-electron chi connectivity index (χ4n) is 5.16. The number of nitro benzene ring substituents is 1. The van der Waals surface area contributed by atoms with Gasteiger partial charge in [-0.05, 0) is 58.8 Å². The summed E-state index contributed by atoms with van der Waals surface area (Å²) in [5.41, 5.74) is 0.117. The number of nitrogens with zero attached hydrogens (tertiary/aromatic N) is 7. The summed E-state index contributed by atoms with van der Waals surface area (Å²) in [6.45, 7) is 12.4. The van der Waals surface area contributed by atoms with Gasteiger partial charge in [0.25, 0.3) is 5.69 Å². The van der Waals surface area contributed by atoms with E-state index in [0.29, 0.717) is 5.82 Å². The monoisotopic (exact) mass is 511 g/mol. The molecule has 2 saturated heterocycles. The molecule has 1 aromatic carbocycles. The van der Waals surface area contributed by atoms with Gasteiger partial charge in [-0.15, -0.1) is 0 Å². The minimum atomic E-state index is -0.807. The molecule has 2 aromatic rings. The van der Waals surface area contributed by atoms with Crippen LogP contribution in [-0.4, -0.2) is 78.3 Å². The number of rotatable bonds is 6. The lowest BCUT2D eigenvalue weighted by atomic mass is 9.86. The van der Waals surface area contributed by atoms with Crippen molar-refractivity contribution in [1.29, 1.82) is 0 Å². The Bertz CT molecular complexity index is 1170. The number of carbonyl (C=O) groups is 1.